The first kappa shape index (κ1) is 11.5. The maximum atomic E-state index is 11.8. The fraction of sp³-hybridized carbons (Fsp3) is 0.357. The van der Waals surface area contributed by atoms with Crippen LogP contribution in [0.3, 0.4) is 0 Å². The van der Waals surface area contributed by atoms with Crippen LogP contribution in [-0.2, 0) is 4.79 Å². The van der Waals surface area contributed by atoms with Crippen LogP contribution in [0.2, 0.25) is 0 Å². The molecule has 1 aliphatic heterocycles. The van der Waals surface area contributed by atoms with Crippen LogP contribution < -0.4 is 10.1 Å². The molecule has 3 heteroatoms. The number of hydrogen-bond donors (Lipinski definition) is 1. The summed E-state index contributed by atoms with van der Waals surface area (Å²) >= 11 is 0. The highest BCUT2D eigenvalue weighted by Crippen LogP contribution is 2.28. The first-order valence-corrected chi connectivity index (χ1v) is 5.77. The third-order valence-electron chi connectivity index (χ3n) is 2.74. The van der Waals surface area contributed by atoms with Gasteiger partial charge in [0.2, 0.25) is 0 Å². The van der Waals surface area contributed by atoms with Gasteiger partial charge in [-0.3, -0.25) is 4.79 Å². The molecule has 0 spiro atoms. The molecule has 17 heavy (non-hydrogen) atoms. The van der Waals surface area contributed by atoms with Gasteiger partial charge in [0.1, 0.15) is 5.75 Å². The van der Waals surface area contributed by atoms with Crippen LogP contribution in [0, 0.1) is 12.3 Å². The SMILES string of the molecule is C#CCCCC(=O)C1CNc2ccccc2O1. The minimum Gasteiger partial charge on any atom is -0.479 e. The zero-order valence-electron chi connectivity index (χ0n) is 9.61. The Morgan fingerprint density at radius 2 is 2.35 bits per heavy atom. The molecule has 0 aliphatic carbocycles. The molecule has 3 nitrogen and oxygen atoms in total. The van der Waals surface area contributed by atoms with Crippen molar-refractivity contribution in [3.63, 3.8) is 0 Å². The van der Waals surface area contributed by atoms with Gasteiger partial charge in [-0.05, 0) is 18.6 Å². The number of fused-ring (bicyclic) bond motifs is 1. The van der Waals surface area contributed by atoms with E-state index in [-0.39, 0.29) is 11.9 Å². The largest absolute Gasteiger partial charge is 0.479 e. The topological polar surface area (TPSA) is 38.3 Å². The highest BCUT2D eigenvalue weighted by molar-refractivity contribution is 5.85. The Labute approximate surface area is 101 Å². The number of ether oxygens (including phenoxy) is 1. The average molecular weight is 229 g/mol. The van der Waals surface area contributed by atoms with Crippen molar-refractivity contribution in [2.75, 3.05) is 11.9 Å². The molecule has 0 aromatic heterocycles. The van der Waals surface area contributed by atoms with Crippen molar-refractivity contribution < 1.29 is 9.53 Å². The van der Waals surface area contributed by atoms with Gasteiger partial charge in [0, 0.05) is 12.8 Å². The van der Waals surface area contributed by atoms with Crippen molar-refractivity contribution >= 4 is 11.5 Å². The van der Waals surface area contributed by atoms with Crippen LogP contribution in [0.1, 0.15) is 19.3 Å². The Morgan fingerprint density at radius 1 is 1.53 bits per heavy atom. The number of terminal acetylenes is 1. The van der Waals surface area contributed by atoms with Gasteiger partial charge in [0.25, 0.3) is 0 Å². The standard InChI is InChI=1S/C14H15NO2/c1-2-3-4-8-12(16)14-10-15-11-7-5-6-9-13(11)17-14/h1,5-7,9,14-15H,3-4,8,10H2. The predicted molar refractivity (Wildman–Crippen MR) is 67.0 cm³/mol. The molecule has 0 radical (unpaired) electrons. The van der Waals surface area contributed by atoms with Crippen molar-refractivity contribution in [3.8, 4) is 18.1 Å². The summed E-state index contributed by atoms with van der Waals surface area (Å²) in [5.41, 5.74) is 0.945. The minimum absolute atomic E-state index is 0.113. The number of Topliss-reactive ketones (excluding diaryl/α,β-unsaturated/α-hetero) is 1. The molecule has 0 saturated carbocycles. The van der Waals surface area contributed by atoms with Gasteiger partial charge in [-0.15, -0.1) is 12.3 Å². The average Bonchev–Trinajstić information content (AvgIpc) is 2.38. The predicted octanol–water partition coefficient (Wildman–Crippen LogP) is 2.23. The summed E-state index contributed by atoms with van der Waals surface area (Å²) in [6.45, 7) is 0.534. The Hall–Kier alpha value is -1.95. The van der Waals surface area contributed by atoms with Crippen LogP contribution in [0.5, 0.6) is 5.75 Å². The normalized spacial score (nSPS) is 17.2. The molecular formula is C14H15NO2. The van der Waals surface area contributed by atoms with Crippen molar-refractivity contribution in [2.45, 2.75) is 25.4 Å². The number of para-hydroxylation sites is 2. The lowest BCUT2D eigenvalue weighted by atomic mass is 10.1. The number of carbonyl (C=O) groups excluding carboxylic acids is 1. The first-order chi connectivity index (χ1) is 8.31. The molecule has 0 bridgehead atoms. The number of hydrogen-bond acceptors (Lipinski definition) is 3. The van der Waals surface area contributed by atoms with Crippen LogP contribution in [0.4, 0.5) is 5.69 Å². The van der Waals surface area contributed by atoms with E-state index >= 15 is 0 Å². The van der Waals surface area contributed by atoms with Crippen molar-refractivity contribution in [1.82, 2.24) is 0 Å². The van der Waals surface area contributed by atoms with Gasteiger partial charge in [-0.1, -0.05) is 12.1 Å². The number of rotatable bonds is 4. The second-order valence-electron chi connectivity index (χ2n) is 4.01. The van der Waals surface area contributed by atoms with Crippen LogP contribution in [0.25, 0.3) is 0 Å². The van der Waals surface area contributed by atoms with E-state index in [0.29, 0.717) is 19.4 Å². The highest BCUT2D eigenvalue weighted by Gasteiger charge is 2.24. The summed E-state index contributed by atoms with van der Waals surface area (Å²) in [4.78, 5) is 11.8. The summed E-state index contributed by atoms with van der Waals surface area (Å²) in [6, 6.07) is 7.63. The molecule has 0 saturated heterocycles. The highest BCUT2D eigenvalue weighted by atomic mass is 16.5. The Kier molecular flexibility index (Phi) is 3.66. The van der Waals surface area contributed by atoms with E-state index in [1.807, 2.05) is 24.3 Å². The second kappa shape index (κ2) is 5.40. The molecule has 1 aromatic carbocycles. The summed E-state index contributed by atoms with van der Waals surface area (Å²) in [6.07, 6.45) is 6.62. The minimum atomic E-state index is -0.386. The smallest absolute Gasteiger partial charge is 0.175 e. The number of unbranched alkanes of at least 4 members (excludes halogenated alkanes) is 1. The van der Waals surface area contributed by atoms with Gasteiger partial charge in [-0.25, -0.2) is 0 Å². The van der Waals surface area contributed by atoms with E-state index in [4.69, 9.17) is 11.2 Å². The zero-order chi connectivity index (χ0) is 12.1. The monoisotopic (exact) mass is 229 g/mol. The number of anilines is 1. The molecule has 0 fully saturated rings. The lowest BCUT2D eigenvalue weighted by Crippen LogP contribution is -2.37. The molecule has 88 valence electrons. The van der Waals surface area contributed by atoms with Crippen molar-refractivity contribution in [3.05, 3.63) is 24.3 Å². The quantitative estimate of drug-likeness (QED) is 0.635. The molecular weight excluding hydrogens is 214 g/mol. The van der Waals surface area contributed by atoms with E-state index in [1.165, 1.54) is 0 Å². The number of nitrogens with one attached hydrogen (secondary N) is 1. The fourth-order valence-corrected chi connectivity index (χ4v) is 1.82. The molecule has 1 atom stereocenters. The Balaban J connectivity index is 1.93. The van der Waals surface area contributed by atoms with E-state index in [9.17, 15) is 4.79 Å². The Bertz CT molecular complexity index is 448. The molecule has 1 heterocycles. The lowest BCUT2D eigenvalue weighted by Gasteiger charge is -2.26. The summed E-state index contributed by atoms with van der Waals surface area (Å²) < 4.78 is 5.66. The summed E-state index contributed by atoms with van der Waals surface area (Å²) in [5.74, 6) is 3.39. The van der Waals surface area contributed by atoms with Gasteiger partial charge in [-0.2, -0.15) is 0 Å². The van der Waals surface area contributed by atoms with Crippen molar-refractivity contribution in [1.29, 1.82) is 0 Å². The number of ketones is 1. The van der Waals surface area contributed by atoms with Gasteiger partial charge in [0.05, 0.1) is 12.2 Å². The molecule has 1 N–H and O–H groups in total. The molecule has 1 aliphatic rings. The van der Waals surface area contributed by atoms with Crippen molar-refractivity contribution in [2.24, 2.45) is 0 Å². The van der Waals surface area contributed by atoms with Gasteiger partial charge >= 0.3 is 0 Å². The number of benzene rings is 1. The molecule has 0 amide bonds. The van der Waals surface area contributed by atoms with Crippen LogP contribution in [-0.4, -0.2) is 18.4 Å². The van der Waals surface area contributed by atoms with E-state index in [2.05, 4.69) is 11.2 Å². The molecule has 1 unspecified atom stereocenters. The summed E-state index contributed by atoms with van der Waals surface area (Å²) in [5, 5.41) is 3.20. The Morgan fingerprint density at radius 3 is 3.18 bits per heavy atom. The molecule has 2 rings (SSSR count). The second-order valence-corrected chi connectivity index (χ2v) is 4.01. The first-order valence-electron chi connectivity index (χ1n) is 5.77. The van der Waals surface area contributed by atoms with Gasteiger partial charge < -0.3 is 10.1 Å². The molecule has 1 aromatic rings. The van der Waals surface area contributed by atoms with Crippen LogP contribution >= 0.6 is 0 Å². The van der Waals surface area contributed by atoms with E-state index in [0.717, 1.165) is 17.9 Å². The fourth-order valence-electron chi connectivity index (χ4n) is 1.82. The lowest BCUT2D eigenvalue weighted by molar-refractivity contribution is -0.125. The van der Waals surface area contributed by atoms with E-state index < -0.39 is 0 Å². The third-order valence-corrected chi connectivity index (χ3v) is 2.74. The maximum Gasteiger partial charge on any atom is 0.175 e. The zero-order valence-corrected chi connectivity index (χ0v) is 9.61. The summed E-state index contributed by atoms with van der Waals surface area (Å²) in [7, 11) is 0. The van der Waals surface area contributed by atoms with Crippen LogP contribution in [0.15, 0.2) is 24.3 Å². The van der Waals surface area contributed by atoms with Gasteiger partial charge in [0.15, 0.2) is 11.9 Å². The van der Waals surface area contributed by atoms with E-state index in [1.54, 1.807) is 0 Å². The third kappa shape index (κ3) is 2.79. The number of carbonyl (C=O) groups is 1. The maximum absolute atomic E-state index is 11.8.